The summed E-state index contributed by atoms with van der Waals surface area (Å²) in [4.78, 5) is 2.33. The summed E-state index contributed by atoms with van der Waals surface area (Å²) in [5.74, 6) is 0.768. The van der Waals surface area contributed by atoms with Crippen LogP contribution < -0.4 is 9.47 Å². The van der Waals surface area contributed by atoms with Crippen LogP contribution in [0.5, 0.6) is 11.8 Å². The molecule has 1 fully saturated rings. The van der Waals surface area contributed by atoms with E-state index in [1.54, 1.807) is 27.7 Å². The molecule has 1 aliphatic heterocycles. The molecule has 0 radical (unpaired) electrons. The number of aromatic nitrogens is 6. The lowest BCUT2D eigenvalue weighted by Crippen LogP contribution is -2.44. The number of fused-ring (bicyclic) bond motifs is 1. The molecule has 0 aliphatic carbocycles. The van der Waals surface area contributed by atoms with Crippen molar-refractivity contribution in [3.63, 3.8) is 0 Å². The van der Waals surface area contributed by atoms with Gasteiger partial charge in [0.15, 0.2) is 14.5 Å². The van der Waals surface area contributed by atoms with Crippen molar-refractivity contribution in [2.45, 2.75) is 130 Å². The Bertz CT molecular complexity index is 1880. The summed E-state index contributed by atoms with van der Waals surface area (Å²) in [6.07, 6.45) is 5.79. The Morgan fingerprint density at radius 1 is 1.11 bits per heavy atom. The zero-order valence-corrected chi connectivity index (χ0v) is 36.7. The molecule has 1 saturated heterocycles. The second kappa shape index (κ2) is 16.9. The summed E-state index contributed by atoms with van der Waals surface area (Å²) in [5.41, 5.74) is 3.43. The van der Waals surface area contributed by atoms with E-state index in [4.69, 9.17) is 28.8 Å². The van der Waals surface area contributed by atoms with Gasteiger partial charge in [-0.25, -0.2) is 13.8 Å². The van der Waals surface area contributed by atoms with Gasteiger partial charge < -0.3 is 18.6 Å². The van der Waals surface area contributed by atoms with Gasteiger partial charge in [0.05, 0.1) is 51.0 Å². The number of likely N-dealkylation sites (N-methyl/N-ethyl adjacent to an activating group) is 1. The van der Waals surface area contributed by atoms with Gasteiger partial charge >= 0.3 is 0 Å². The van der Waals surface area contributed by atoms with Crippen LogP contribution in [0, 0.1) is 9.39 Å². The molecule has 0 bridgehead atoms. The second-order valence-electron chi connectivity index (χ2n) is 16.1. The van der Waals surface area contributed by atoms with E-state index < -0.39 is 8.32 Å². The number of benzene rings is 1. The third-order valence-corrected chi connectivity index (χ3v) is 16.0. The number of aryl methyl sites for hydroxylation is 1. The Kier molecular flexibility index (Phi) is 13.2. The average Bonchev–Trinajstić information content (AvgIpc) is 3.71. The van der Waals surface area contributed by atoms with Gasteiger partial charge in [0.1, 0.15) is 11.9 Å². The topological polar surface area (TPSA) is 93.6 Å². The van der Waals surface area contributed by atoms with Crippen molar-refractivity contribution < 1.29 is 23.0 Å². The number of hydrogen-bond donors (Lipinski definition) is 0. The van der Waals surface area contributed by atoms with E-state index in [9.17, 15) is 0 Å². The maximum atomic E-state index is 16.1. The first-order valence-corrected chi connectivity index (χ1v) is 22.9. The third kappa shape index (κ3) is 9.37. The van der Waals surface area contributed by atoms with Gasteiger partial charge in [-0.1, -0.05) is 34.3 Å². The molecule has 53 heavy (non-hydrogen) atoms. The van der Waals surface area contributed by atoms with Crippen LogP contribution in [-0.2, 0) is 29.3 Å². The van der Waals surface area contributed by atoms with E-state index in [0.29, 0.717) is 60.3 Å². The fourth-order valence-corrected chi connectivity index (χ4v) is 8.66. The molecule has 5 rings (SSSR count). The van der Waals surface area contributed by atoms with Crippen LogP contribution in [0.4, 0.5) is 4.39 Å². The maximum absolute atomic E-state index is 16.1. The van der Waals surface area contributed by atoms with Crippen molar-refractivity contribution >= 4 is 47.9 Å². The molecule has 1 aromatic carbocycles. The number of hydrogen-bond acceptors (Lipinski definition) is 8. The van der Waals surface area contributed by atoms with Gasteiger partial charge in [-0.2, -0.15) is 10.2 Å². The molecule has 11 nitrogen and oxygen atoms in total. The molecule has 3 atom stereocenters. The number of rotatable bonds is 16. The van der Waals surface area contributed by atoms with Gasteiger partial charge in [0, 0.05) is 43.8 Å². The highest BCUT2D eigenvalue weighted by atomic mass is 127. The Hall–Kier alpha value is -2.79. The van der Waals surface area contributed by atoms with Crippen LogP contribution in [0.15, 0.2) is 24.9 Å². The Labute approximate surface area is 329 Å². The maximum Gasteiger partial charge on any atom is 0.246 e. The lowest BCUT2D eigenvalue weighted by Gasteiger charge is -2.38. The summed E-state index contributed by atoms with van der Waals surface area (Å²) in [5, 5.41) is 15.1. The molecule has 1 aliphatic rings. The average molecular weight is 864 g/mol. The van der Waals surface area contributed by atoms with Crippen LogP contribution in [0.3, 0.4) is 0 Å². The zero-order valence-electron chi connectivity index (χ0n) is 33.5. The van der Waals surface area contributed by atoms with Crippen LogP contribution >= 0.6 is 22.6 Å². The number of halogens is 2. The van der Waals surface area contributed by atoms with E-state index in [-0.39, 0.29) is 35.4 Å². The van der Waals surface area contributed by atoms with Crippen molar-refractivity contribution in [3.05, 3.63) is 45.7 Å². The Morgan fingerprint density at radius 2 is 1.85 bits per heavy atom. The van der Waals surface area contributed by atoms with Crippen molar-refractivity contribution in [3.8, 4) is 22.9 Å². The summed E-state index contributed by atoms with van der Waals surface area (Å²) in [6, 6.07) is 3.37. The fourth-order valence-electron chi connectivity index (χ4n) is 6.55. The van der Waals surface area contributed by atoms with Crippen molar-refractivity contribution in [2.75, 3.05) is 19.7 Å². The molecule has 0 amide bonds. The second-order valence-corrected chi connectivity index (χ2v) is 21.9. The first kappa shape index (κ1) is 41.4. The predicted octanol–water partition coefficient (Wildman–Crippen LogP) is 9.21. The lowest BCUT2D eigenvalue weighted by atomic mass is 10.0. The summed E-state index contributed by atoms with van der Waals surface area (Å²) < 4.78 is 48.1. The SMILES string of the molecule is C=Cc1nn(C2CCCCO2)c2cc(F)c(-c3cnn(C)c3O[C@@H](C)CN(CC)Cc3c(I)c(OC(C)C)nn3C[C@H](C)O[Si](C)(C)C(C)(C)C)cc12. The largest absolute Gasteiger partial charge is 0.473 e. The Morgan fingerprint density at radius 3 is 2.47 bits per heavy atom. The van der Waals surface area contributed by atoms with Crippen LogP contribution in [0.1, 0.15) is 92.3 Å². The molecule has 292 valence electrons. The fraction of sp³-hybridized carbons (Fsp3) is 0.615. The molecule has 14 heteroatoms. The van der Waals surface area contributed by atoms with Crippen LogP contribution in [0.2, 0.25) is 18.1 Å². The normalized spacial score (nSPS) is 16.8. The van der Waals surface area contributed by atoms with E-state index in [1.165, 1.54) is 0 Å². The highest BCUT2D eigenvalue weighted by Gasteiger charge is 2.39. The molecular weight excluding hydrogens is 804 g/mol. The van der Waals surface area contributed by atoms with E-state index in [1.807, 2.05) is 33.9 Å². The van der Waals surface area contributed by atoms with E-state index in [2.05, 4.69) is 91.6 Å². The number of ether oxygens (including phenoxy) is 3. The molecule has 4 heterocycles. The minimum absolute atomic E-state index is 0.000378. The quantitative estimate of drug-likeness (QED) is 0.0814. The molecule has 1 unspecified atom stereocenters. The Balaban J connectivity index is 1.37. The van der Waals surface area contributed by atoms with Gasteiger partial charge in [0.25, 0.3) is 0 Å². The van der Waals surface area contributed by atoms with Gasteiger partial charge in [0.2, 0.25) is 11.8 Å². The summed E-state index contributed by atoms with van der Waals surface area (Å²) in [6.45, 7) is 29.0. The van der Waals surface area contributed by atoms with E-state index in [0.717, 1.165) is 40.5 Å². The summed E-state index contributed by atoms with van der Waals surface area (Å²) in [7, 11) is -0.155. The first-order valence-electron chi connectivity index (χ1n) is 18.9. The first-order chi connectivity index (χ1) is 24.9. The molecule has 0 saturated carbocycles. The minimum Gasteiger partial charge on any atom is -0.473 e. The standard InChI is InChI=1S/C39H59FIN7O4Si/c1-13-32-29-19-28(31(40)20-33(29)48(43-32)35-17-15-16-18-49-35)30-21-42-45(10)38(30)51-26(5)22-46(14-2)24-34-36(41)37(50-25(3)4)44-47(34)23-27(6)52-53(11,12)39(7,8)9/h13,19-21,25-27,35H,1,14-18,22-24H2,2-12H3/t26-,27-,35?/m0/s1. The summed E-state index contributed by atoms with van der Waals surface area (Å²) >= 11 is 2.36. The van der Waals surface area contributed by atoms with Crippen LogP contribution in [-0.4, -0.2) is 80.6 Å². The molecule has 0 N–H and O–H groups in total. The van der Waals surface area contributed by atoms with Crippen molar-refractivity contribution in [1.29, 1.82) is 0 Å². The minimum atomic E-state index is -1.97. The molecule has 0 spiro atoms. The predicted molar refractivity (Wildman–Crippen MR) is 220 cm³/mol. The highest BCUT2D eigenvalue weighted by molar-refractivity contribution is 14.1. The highest BCUT2D eigenvalue weighted by Crippen LogP contribution is 2.39. The monoisotopic (exact) mass is 863 g/mol. The van der Waals surface area contributed by atoms with E-state index >= 15 is 4.39 Å². The van der Waals surface area contributed by atoms with Crippen molar-refractivity contribution in [1.82, 2.24) is 34.2 Å². The van der Waals surface area contributed by atoms with Gasteiger partial charge in [-0.15, -0.1) is 5.10 Å². The molecule has 4 aromatic rings. The van der Waals surface area contributed by atoms with Gasteiger partial charge in [-0.3, -0.25) is 9.58 Å². The number of nitrogens with zero attached hydrogens (tertiary/aromatic N) is 7. The molecular formula is C39H59FIN7O4Si. The van der Waals surface area contributed by atoms with Crippen LogP contribution in [0.25, 0.3) is 28.1 Å². The molecule has 3 aromatic heterocycles. The smallest absolute Gasteiger partial charge is 0.246 e. The lowest BCUT2D eigenvalue weighted by molar-refractivity contribution is -0.0367. The third-order valence-electron chi connectivity index (χ3n) is 10.3. The van der Waals surface area contributed by atoms with Crippen molar-refractivity contribution in [2.24, 2.45) is 7.05 Å². The van der Waals surface area contributed by atoms with Gasteiger partial charge in [-0.05, 0) is 106 Å². The zero-order chi connectivity index (χ0) is 38.8.